The summed E-state index contributed by atoms with van der Waals surface area (Å²) in [4.78, 5) is 12.1. The van der Waals surface area contributed by atoms with E-state index in [0.717, 1.165) is 43.9 Å². The summed E-state index contributed by atoms with van der Waals surface area (Å²) < 4.78 is 11.2. The molecule has 0 aromatic rings. The normalized spacial score (nSPS) is 39.6. The number of rotatable bonds is 2. The average molecular weight is 244 g/mol. The average Bonchev–Trinajstić information content (AvgIpc) is 2.70. The van der Waals surface area contributed by atoms with Gasteiger partial charge in [0.15, 0.2) is 0 Å². The largest absolute Gasteiger partial charge is 0.353 e. The van der Waals surface area contributed by atoms with Crippen molar-refractivity contribution in [2.24, 2.45) is 5.41 Å². The molecule has 2 saturated heterocycles. The van der Waals surface area contributed by atoms with Crippen molar-refractivity contribution in [3.63, 3.8) is 0 Å². The summed E-state index contributed by atoms with van der Waals surface area (Å²) in [6.45, 7) is 3.72. The summed E-state index contributed by atoms with van der Waals surface area (Å²) in [5, 5.41) is 6.34. The smallest absolute Gasteiger partial charge is 0.227 e. The lowest BCUT2D eigenvalue weighted by Gasteiger charge is -2.28. The number of hydrogen-bond donors (Lipinski definition) is 2. The van der Waals surface area contributed by atoms with Crippen LogP contribution in [0.3, 0.4) is 0 Å². The molecule has 1 unspecified atom stereocenters. The second-order valence-corrected chi connectivity index (χ2v) is 6.78. The highest BCUT2D eigenvalue weighted by Crippen LogP contribution is 2.25. The van der Waals surface area contributed by atoms with Gasteiger partial charge in [0.05, 0.1) is 5.41 Å². The molecule has 0 aromatic carbocycles. The topological polar surface area (TPSA) is 58.2 Å². The van der Waals surface area contributed by atoms with Crippen LogP contribution in [0, 0.1) is 5.41 Å². The molecule has 0 aromatic heterocycles. The van der Waals surface area contributed by atoms with E-state index in [0.29, 0.717) is 0 Å². The Bertz CT molecular complexity index is 290. The van der Waals surface area contributed by atoms with E-state index in [1.54, 1.807) is 0 Å². The predicted octanol–water partition coefficient (Wildman–Crippen LogP) is 0.0133. The maximum Gasteiger partial charge on any atom is 0.227 e. The lowest BCUT2D eigenvalue weighted by molar-refractivity contribution is -0.130. The maximum absolute atomic E-state index is 12.1. The van der Waals surface area contributed by atoms with Crippen LogP contribution >= 0.6 is 0 Å². The van der Waals surface area contributed by atoms with Gasteiger partial charge in [-0.2, -0.15) is 0 Å². The minimum atomic E-state index is -0.652. The van der Waals surface area contributed by atoms with Crippen LogP contribution < -0.4 is 10.6 Å². The molecule has 92 valence electrons. The third-order valence-electron chi connectivity index (χ3n) is 3.64. The van der Waals surface area contributed by atoms with Gasteiger partial charge < -0.3 is 10.6 Å². The Balaban J connectivity index is 1.85. The van der Waals surface area contributed by atoms with E-state index < -0.39 is 10.8 Å². The minimum Gasteiger partial charge on any atom is -0.353 e. The predicted molar refractivity (Wildman–Crippen MR) is 64.6 cm³/mol. The fourth-order valence-corrected chi connectivity index (χ4v) is 3.61. The molecule has 0 radical (unpaired) electrons. The van der Waals surface area contributed by atoms with Crippen LogP contribution in [0.1, 0.15) is 26.2 Å². The van der Waals surface area contributed by atoms with Gasteiger partial charge in [-0.1, -0.05) is 0 Å². The van der Waals surface area contributed by atoms with Gasteiger partial charge in [-0.3, -0.25) is 9.00 Å². The molecular weight excluding hydrogens is 224 g/mol. The second-order valence-electron chi connectivity index (χ2n) is 5.08. The van der Waals surface area contributed by atoms with Crippen LogP contribution in [-0.4, -0.2) is 40.8 Å². The number of amides is 1. The fourth-order valence-electron chi connectivity index (χ4n) is 2.31. The molecule has 1 amide bonds. The summed E-state index contributed by atoms with van der Waals surface area (Å²) in [5.41, 5.74) is -0.239. The van der Waals surface area contributed by atoms with Gasteiger partial charge in [-0.15, -0.1) is 0 Å². The van der Waals surface area contributed by atoms with Crippen LogP contribution in [0.2, 0.25) is 0 Å². The summed E-state index contributed by atoms with van der Waals surface area (Å²) >= 11 is 0. The van der Waals surface area contributed by atoms with Crippen LogP contribution in [0.15, 0.2) is 0 Å². The summed E-state index contributed by atoms with van der Waals surface area (Å²) in [7, 11) is -0.652. The van der Waals surface area contributed by atoms with Crippen molar-refractivity contribution in [2.45, 2.75) is 32.2 Å². The first-order valence-corrected chi connectivity index (χ1v) is 7.46. The molecule has 2 N–H and O–H groups in total. The van der Waals surface area contributed by atoms with Gasteiger partial charge in [0.2, 0.25) is 5.91 Å². The van der Waals surface area contributed by atoms with E-state index in [9.17, 15) is 9.00 Å². The molecule has 5 heteroatoms. The van der Waals surface area contributed by atoms with Gasteiger partial charge in [0, 0.05) is 34.9 Å². The first-order chi connectivity index (χ1) is 7.60. The van der Waals surface area contributed by atoms with Crippen molar-refractivity contribution in [2.75, 3.05) is 24.6 Å². The molecule has 0 aliphatic carbocycles. The number of hydrogen-bond acceptors (Lipinski definition) is 3. The number of carbonyl (C=O) groups excluding carboxylic acids is 1. The van der Waals surface area contributed by atoms with Crippen molar-refractivity contribution >= 4 is 16.7 Å². The number of carbonyl (C=O) groups is 1. The zero-order chi connectivity index (χ0) is 11.6. The highest BCUT2D eigenvalue weighted by Gasteiger charge is 2.37. The van der Waals surface area contributed by atoms with E-state index in [1.807, 2.05) is 6.92 Å². The van der Waals surface area contributed by atoms with Gasteiger partial charge in [-0.25, -0.2) is 0 Å². The summed E-state index contributed by atoms with van der Waals surface area (Å²) in [6.07, 6.45) is 2.64. The van der Waals surface area contributed by atoms with Crippen LogP contribution in [0.4, 0.5) is 0 Å². The van der Waals surface area contributed by atoms with E-state index >= 15 is 0 Å². The SMILES string of the molecule is CC1(C(=O)NC2CCS(=O)CC2)CCNC1. The molecule has 0 spiro atoms. The zero-order valence-corrected chi connectivity index (χ0v) is 10.6. The third-order valence-corrected chi connectivity index (χ3v) is 5.02. The highest BCUT2D eigenvalue weighted by atomic mass is 32.2. The van der Waals surface area contributed by atoms with E-state index in [1.165, 1.54) is 0 Å². The lowest BCUT2D eigenvalue weighted by Crippen LogP contribution is -2.47. The van der Waals surface area contributed by atoms with Crippen LogP contribution in [-0.2, 0) is 15.6 Å². The molecule has 2 aliphatic rings. The molecule has 4 nitrogen and oxygen atoms in total. The van der Waals surface area contributed by atoms with Gasteiger partial charge in [0.25, 0.3) is 0 Å². The molecule has 16 heavy (non-hydrogen) atoms. The zero-order valence-electron chi connectivity index (χ0n) is 9.75. The van der Waals surface area contributed by atoms with Crippen molar-refractivity contribution in [3.05, 3.63) is 0 Å². The van der Waals surface area contributed by atoms with Crippen molar-refractivity contribution < 1.29 is 9.00 Å². The Morgan fingerprint density at radius 2 is 2.12 bits per heavy atom. The maximum atomic E-state index is 12.1. The summed E-state index contributed by atoms with van der Waals surface area (Å²) in [5.74, 6) is 1.63. The Hall–Kier alpha value is -0.420. The van der Waals surface area contributed by atoms with E-state index in [2.05, 4.69) is 10.6 Å². The number of nitrogens with one attached hydrogen (secondary N) is 2. The molecular formula is C11H20N2O2S. The second kappa shape index (κ2) is 4.84. The lowest BCUT2D eigenvalue weighted by atomic mass is 9.88. The standard InChI is InChI=1S/C11H20N2O2S/c1-11(4-5-12-8-11)10(14)13-9-2-6-16(15)7-3-9/h9,12H,2-8H2,1H3,(H,13,14). The molecule has 0 saturated carbocycles. The Morgan fingerprint density at radius 1 is 1.44 bits per heavy atom. The Kier molecular flexibility index (Phi) is 3.64. The van der Waals surface area contributed by atoms with Crippen molar-refractivity contribution in [3.8, 4) is 0 Å². The van der Waals surface area contributed by atoms with E-state index in [-0.39, 0.29) is 17.4 Å². The third kappa shape index (κ3) is 2.63. The Labute approximate surface area is 99.0 Å². The van der Waals surface area contributed by atoms with E-state index in [4.69, 9.17) is 0 Å². The van der Waals surface area contributed by atoms with Crippen LogP contribution in [0.5, 0.6) is 0 Å². The van der Waals surface area contributed by atoms with Crippen molar-refractivity contribution in [1.82, 2.24) is 10.6 Å². The first-order valence-electron chi connectivity index (χ1n) is 5.97. The minimum absolute atomic E-state index is 0.162. The van der Waals surface area contributed by atoms with Crippen LogP contribution in [0.25, 0.3) is 0 Å². The molecule has 2 heterocycles. The summed E-state index contributed by atoms with van der Waals surface area (Å²) in [6, 6.07) is 0.239. The molecule has 2 rings (SSSR count). The fraction of sp³-hybridized carbons (Fsp3) is 0.909. The Morgan fingerprint density at radius 3 is 2.69 bits per heavy atom. The molecule has 2 fully saturated rings. The molecule has 1 atom stereocenters. The quantitative estimate of drug-likeness (QED) is 0.719. The molecule has 2 aliphatic heterocycles. The monoisotopic (exact) mass is 244 g/mol. The van der Waals surface area contributed by atoms with Crippen molar-refractivity contribution in [1.29, 1.82) is 0 Å². The molecule has 0 bridgehead atoms. The van der Waals surface area contributed by atoms with Gasteiger partial charge in [0.1, 0.15) is 0 Å². The highest BCUT2D eigenvalue weighted by molar-refractivity contribution is 7.85. The van der Waals surface area contributed by atoms with Gasteiger partial charge in [-0.05, 0) is 32.7 Å². The first kappa shape index (κ1) is 12.0. The van der Waals surface area contributed by atoms with Gasteiger partial charge >= 0.3 is 0 Å².